The molecule has 0 unspecified atom stereocenters. The molecule has 0 radical (unpaired) electrons. The first-order chi connectivity index (χ1) is 18.6. The number of fused-ring (bicyclic) bond motifs is 3. The number of piperidine rings is 1. The zero-order valence-electron chi connectivity index (χ0n) is 20.7. The lowest BCUT2D eigenvalue weighted by molar-refractivity contribution is 0.0830. The molecule has 3 aromatic rings. The summed E-state index contributed by atoms with van der Waals surface area (Å²) < 4.78 is 74.8. The minimum absolute atomic E-state index is 0.0342. The summed E-state index contributed by atoms with van der Waals surface area (Å²) in [6.45, 7) is 0.977. The van der Waals surface area contributed by atoms with Crippen molar-refractivity contribution in [1.29, 1.82) is 0 Å². The van der Waals surface area contributed by atoms with E-state index in [-0.39, 0.29) is 55.0 Å². The number of sulfonamides is 1. The summed E-state index contributed by atoms with van der Waals surface area (Å²) in [6, 6.07) is 6.74. The van der Waals surface area contributed by atoms with Crippen LogP contribution in [0.4, 0.5) is 30.2 Å². The van der Waals surface area contributed by atoms with E-state index in [1.165, 1.54) is 30.3 Å². The Hall–Kier alpha value is -3.62. The summed E-state index contributed by atoms with van der Waals surface area (Å²) >= 11 is 0. The molecule has 0 bridgehead atoms. The van der Waals surface area contributed by atoms with Crippen LogP contribution in [0.15, 0.2) is 42.0 Å². The fourth-order valence-corrected chi connectivity index (χ4v) is 5.64. The van der Waals surface area contributed by atoms with Crippen molar-refractivity contribution < 1.29 is 36.2 Å². The van der Waals surface area contributed by atoms with Crippen LogP contribution in [0.1, 0.15) is 29.0 Å². The molecule has 1 aromatic heterocycles. The SMILES string of the molecule is O=C(Nc1cc(F)cc2c1nc1n2CCOC1)c1ccc(NS(=O)(=O)CCO)cc1N1CCC(=C(F)F)CC1. The third kappa shape index (κ3) is 5.72. The van der Waals surface area contributed by atoms with Crippen LogP contribution in [0, 0.1) is 5.82 Å². The van der Waals surface area contributed by atoms with Crippen molar-refractivity contribution in [3.8, 4) is 0 Å². The molecule has 39 heavy (non-hydrogen) atoms. The minimum atomic E-state index is -3.85. The number of carbonyl (C=O) groups is 1. The Morgan fingerprint density at radius 3 is 2.62 bits per heavy atom. The fourth-order valence-electron chi connectivity index (χ4n) is 4.81. The lowest BCUT2D eigenvalue weighted by Gasteiger charge is -2.31. The second kappa shape index (κ2) is 10.9. The molecule has 2 aliphatic heterocycles. The summed E-state index contributed by atoms with van der Waals surface area (Å²) in [5, 5.41) is 11.7. The molecule has 14 heteroatoms. The normalized spacial score (nSPS) is 15.8. The van der Waals surface area contributed by atoms with E-state index >= 15 is 0 Å². The summed E-state index contributed by atoms with van der Waals surface area (Å²) in [7, 11) is -3.85. The molecule has 10 nitrogen and oxygen atoms in total. The largest absolute Gasteiger partial charge is 0.395 e. The number of ether oxygens (including phenoxy) is 1. The Kier molecular flexibility index (Phi) is 7.51. The van der Waals surface area contributed by atoms with Crippen LogP contribution >= 0.6 is 0 Å². The highest BCUT2D eigenvalue weighted by Gasteiger charge is 2.25. The van der Waals surface area contributed by atoms with E-state index in [0.717, 1.165) is 0 Å². The maximum Gasteiger partial charge on any atom is 0.269 e. The molecule has 0 spiro atoms. The average Bonchev–Trinajstić information content (AvgIpc) is 3.27. The predicted octanol–water partition coefficient (Wildman–Crippen LogP) is 3.44. The Morgan fingerprint density at radius 1 is 1.13 bits per heavy atom. The first-order valence-corrected chi connectivity index (χ1v) is 13.9. The lowest BCUT2D eigenvalue weighted by atomic mass is 10.0. The molecular weight excluding hydrogens is 539 g/mol. The molecular formula is C25H26F3N5O5S. The number of hydrogen-bond acceptors (Lipinski definition) is 7. The Balaban J connectivity index is 1.50. The Labute approximate surface area is 222 Å². The molecule has 2 aliphatic rings. The summed E-state index contributed by atoms with van der Waals surface area (Å²) in [4.78, 5) is 19.8. The van der Waals surface area contributed by atoms with Crippen LogP contribution in [0.2, 0.25) is 0 Å². The van der Waals surface area contributed by atoms with Gasteiger partial charge in [0.1, 0.15) is 23.8 Å². The number of aliphatic hydroxyl groups is 1. The number of amides is 1. The van der Waals surface area contributed by atoms with Crippen LogP contribution in [0.5, 0.6) is 0 Å². The monoisotopic (exact) mass is 565 g/mol. The van der Waals surface area contributed by atoms with Crippen molar-refractivity contribution in [2.24, 2.45) is 0 Å². The fraction of sp³-hybridized carbons (Fsp3) is 0.360. The number of anilines is 3. The van der Waals surface area contributed by atoms with E-state index in [1.807, 2.05) is 4.57 Å². The van der Waals surface area contributed by atoms with Gasteiger partial charge < -0.3 is 24.6 Å². The molecule has 208 valence electrons. The lowest BCUT2D eigenvalue weighted by Crippen LogP contribution is -2.32. The van der Waals surface area contributed by atoms with E-state index in [9.17, 15) is 26.4 Å². The van der Waals surface area contributed by atoms with Gasteiger partial charge in [0, 0.05) is 19.6 Å². The summed E-state index contributed by atoms with van der Waals surface area (Å²) in [6.07, 6.45) is -1.56. The highest BCUT2D eigenvalue weighted by molar-refractivity contribution is 7.92. The van der Waals surface area contributed by atoms with Gasteiger partial charge in [-0.05, 0) is 48.7 Å². The van der Waals surface area contributed by atoms with E-state index in [0.29, 0.717) is 35.7 Å². The minimum Gasteiger partial charge on any atom is -0.395 e. The number of aromatic nitrogens is 2. The standard InChI is InChI=1S/C25H26F3N5O5S/c26-16-11-19(23-21(12-16)33-7-9-38-14-22(33)30-23)29-25(35)18-2-1-17(31-39(36,37)10-8-34)13-20(18)32-5-3-15(4-6-32)24(27)28/h1-2,11-13,31,34H,3-10,14H2,(H,29,35). The van der Waals surface area contributed by atoms with Crippen LogP contribution < -0.4 is 14.9 Å². The van der Waals surface area contributed by atoms with Gasteiger partial charge in [0.05, 0.1) is 47.1 Å². The molecule has 2 aromatic carbocycles. The number of carbonyl (C=O) groups excluding carboxylic acids is 1. The molecule has 3 N–H and O–H groups in total. The Bertz CT molecular complexity index is 1560. The van der Waals surface area contributed by atoms with Gasteiger partial charge in [-0.3, -0.25) is 9.52 Å². The maximum atomic E-state index is 14.6. The van der Waals surface area contributed by atoms with E-state index in [4.69, 9.17) is 9.84 Å². The maximum absolute atomic E-state index is 14.6. The molecule has 1 amide bonds. The molecule has 0 saturated carbocycles. The average molecular weight is 566 g/mol. The number of aliphatic hydroxyl groups excluding tert-OH is 1. The molecule has 5 rings (SSSR count). The van der Waals surface area contributed by atoms with Gasteiger partial charge in [-0.15, -0.1) is 0 Å². The second-order valence-electron chi connectivity index (χ2n) is 9.23. The third-order valence-corrected chi connectivity index (χ3v) is 7.95. The molecule has 0 atom stereocenters. The van der Waals surface area contributed by atoms with Crippen molar-refractivity contribution >= 4 is 44.0 Å². The van der Waals surface area contributed by atoms with Crippen LogP contribution in [-0.2, 0) is 27.9 Å². The first-order valence-electron chi connectivity index (χ1n) is 12.3. The third-order valence-electron chi connectivity index (χ3n) is 6.69. The molecule has 1 fully saturated rings. The van der Waals surface area contributed by atoms with Gasteiger partial charge >= 0.3 is 0 Å². The summed E-state index contributed by atoms with van der Waals surface area (Å²) in [5.74, 6) is -1.09. The topological polar surface area (TPSA) is 126 Å². The van der Waals surface area contributed by atoms with Crippen LogP contribution in [0.25, 0.3) is 11.0 Å². The number of rotatable bonds is 7. The number of nitrogens with zero attached hydrogens (tertiary/aromatic N) is 3. The van der Waals surface area contributed by atoms with Crippen LogP contribution in [0.3, 0.4) is 0 Å². The number of hydrogen-bond donors (Lipinski definition) is 3. The van der Waals surface area contributed by atoms with Crippen molar-refractivity contribution in [3.63, 3.8) is 0 Å². The number of halogens is 3. The van der Waals surface area contributed by atoms with Gasteiger partial charge in [-0.1, -0.05) is 0 Å². The van der Waals surface area contributed by atoms with Crippen molar-refractivity contribution in [3.05, 3.63) is 59.2 Å². The van der Waals surface area contributed by atoms with Gasteiger partial charge in [-0.2, -0.15) is 8.78 Å². The molecule has 0 aliphatic carbocycles. The van der Waals surface area contributed by atoms with Crippen LogP contribution in [-0.4, -0.2) is 61.0 Å². The van der Waals surface area contributed by atoms with Gasteiger partial charge in [-0.25, -0.2) is 17.8 Å². The van der Waals surface area contributed by atoms with Crippen molar-refractivity contribution in [2.75, 3.05) is 47.0 Å². The van der Waals surface area contributed by atoms with Crippen molar-refractivity contribution in [1.82, 2.24) is 9.55 Å². The number of nitrogens with one attached hydrogen (secondary N) is 2. The summed E-state index contributed by atoms with van der Waals surface area (Å²) in [5.41, 5.74) is 1.69. The Morgan fingerprint density at radius 2 is 1.90 bits per heavy atom. The van der Waals surface area contributed by atoms with Gasteiger partial charge in [0.25, 0.3) is 12.0 Å². The van der Waals surface area contributed by atoms with Crippen molar-refractivity contribution in [2.45, 2.75) is 26.0 Å². The number of imidazole rings is 1. The number of benzene rings is 2. The predicted molar refractivity (Wildman–Crippen MR) is 139 cm³/mol. The zero-order chi connectivity index (χ0) is 27.7. The van der Waals surface area contributed by atoms with Gasteiger partial charge in [0.15, 0.2) is 0 Å². The zero-order valence-corrected chi connectivity index (χ0v) is 21.5. The molecule has 3 heterocycles. The second-order valence-corrected chi connectivity index (χ2v) is 11.1. The van der Waals surface area contributed by atoms with E-state index in [2.05, 4.69) is 15.0 Å². The van der Waals surface area contributed by atoms with E-state index in [1.54, 1.807) is 4.90 Å². The highest BCUT2D eigenvalue weighted by Crippen LogP contribution is 2.33. The van der Waals surface area contributed by atoms with E-state index < -0.39 is 40.2 Å². The highest BCUT2D eigenvalue weighted by atomic mass is 32.2. The first kappa shape index (κ1) is 27.0. The van der Waals surface area contributed by atoms with Gasteiger partial charge in [0.2, 0.25) is 10.0 Å². The smallest absolute Gasteiger partial charge is 0.269 e. The quantitative estimate of drug-likeness (QED) is 0.401. The molecule has 1 saturated heterocycles.